The highest BCUT2D eigenvalue weighted by Gasteiger charge is 2.37. The summed E-state index contributed by atoms with van der Waals surface area (Å²) in [5, 5.41) is 0. The molecular formula is C35H61NO7P+. The van der Waals surface area contributed by atoms with Crippen LogP contribution in [0.5, 0.6) is 0 Å². The summed E-state index contributed by atoms with van der Waals surface area (Å²) in [6, 6.07) is 9.34. The van der Waals surface area contributed by atoms with Crippen LogP contribution in [-0.2, 0) is 27.9 Å². The lowest BCUT2D eigenvalue weighted by atomic mass is 10.0. The maximum atomic E-state index is 13.1. The van der Waals surface area contributed by atoms with Gasteiger partial charge in [0.25, 0.3) is 0 Å². The normalized spacial score (nSPS) is 17.7. The lowest BCUT2D eigenvalue weighted by molar-refractivity contribution is -0.842. The molecule has 1 fully saturated rings. The van der Waals surface area contributed by atoms with Crippen molar-refractivity contribution in [2.24, 2.45) is 0 Å². The Morgan fingerprint density at radius 1 is 0.864 bits per heavy atom. The van der Waals surface area contributed by atoms with E-state index in [0.29, 0.717) is 16.8 Å². The zero-order chi connectivity index (χ0) is 32.1. The smallest absolute Gasteiger partial charge is 0.457 e. The molecule has 1 aromatic carbocycles. The average molecular weight is 639 g/mol. The lowest BCUT2D eigenvalue weighted by Crippen LogP contribution is -2.34. The molecule has 2 unspecified atom stereocenters. The summed E-state index contributed by atoms with van der Waals surface area (Å²) in [4.78, 5) is 22.7. The molecule has 1 saturated heterocycles. The SMILES string of the molecule is CCCCCCCCCCCCCCCCOCC(COP(=O)(O)OC(=C1CCC[N+]1(C)C)c1ccccc1)OC(=O)CC. The Kier molecular flexibility index (Phi) is 19.2. The van der Waals surface area contributed by atoms with E-state index in [1.54, 1.807) is 6.92 Å². The highest BCUT2D eigenvalue weighted by molar-refractivity contribution is 7.47. The lowest BCUT2D eigenvalue weighted by Gasteiger charge is -2.27. The third-order valence-electron chi connectivity index (χ3n) is 8.32. The standard InChI is InChI=1S/C35H60NO7P/c1-5-7-8-9-10-11-12-13-14-15-16-17-18-22-28-40-29-32(42-34(37)6-2)30-41-44(38,39)43-35(31-24-20-19-21-25-31)33-26-23-27-36(33,3)4/h19-21,24-25,32H,5-18,22-23,26-30H2,1-4H3/p+1. The number of phosphoric ester groups is 1. The Bertz CT molecular complexity index is 998. The van der Waals surface area contributed by atoms with Crippen LogP contribution in [0.1, 0.15) is 129 Å². The van der Waals surface area contributed by atoms with Gasteiger partial charge in [0.15, 0.2) is 11.5 Å². The van der Waals surface area contributed by atoms with Crippen molar-refractivity contribution < 1.29 is 37.3 Å². The van der Waals surface area contributed by atoms with E-state index in [1.165, 1.54) is 77.0 Å². The van der Waals surface area contributed by atoms with Gasteiger partial charge in [-0.2, -0.15) is 0 Å². The molecule has 0 bridgehead atoms. The fourth-order valence-corrected chi connectivity index (χ4v) is 6.50. The van der Waals surface area contributed by atoms with Crippen molar-refractivity contribution in [3.8, 4) is 0 Å². The fraction of sp³-hybridized carbons (Fsp3) is 0.743. The van der Waals surface area contributed by atoms with E-state index < -0.39 is 19.9 Å². The minimum absolute atomic E-state index is 0.0980. The van der Waals surface area contributed by atoms with Crippen LogP contribution < -0.4 is 0 Å². The molecule has 0 aliphatic carbocycles. The van der Waals surface area contributed by atoms with Crippen molar-refractivity contribution in [1.29, 1.82) is 0 Å². The molecule has 1 aliphatic heterocycles. The minimum Gasteiger partial charge on any atom is -0.457 e. The van der Waals surface area contributed by atoms with Gasteiger partial charge >= 0.3 is 13.8 Å². The van der Waals surface area contributed by atoms with Gasteiger partial charge in [-0.3, -0.25) is 18.7 Å². The highest BCUT2D eigenvalue weighted by Crippen LogP contribution is 2.50. The predicted molar refractivity (Wildman–Crippen MR) is 178 cm³/mol. The van der Waals surface area contributed by atoms with Crippen molar-refractivity contribution >= 4 is 19.6 Å². The van der Waals surface area contributed by atoms with Crippen molar-refractivity contribution in [2.45, 2.75) is 129 Å². The van der Waals surface area contributed by atoms with E-state index in [4.69, 9.17) is 18.5 Å². The molecular weight excluding hydrogens is 577 g/mol. The van der Waals surface area contributed by atoms with Gasteiger partial charge < -0.3 is 14.0 Å². The molecule has 1 heterocycles. The number of benzene rings is 1. The minimum atomic E-state index is -4.52. The Morgan fingerprint density at radius 3 is 1.95 bits per heavy atom. The van der Waals surface area contributed by atoms with E-state index in [9.17, 15) is 14.3 Å². The molecule has 9 heteroatoms. The summed E-state index contributed by atoms with van der Waals surface area (Å²) in [5.41, 5.74) is 1.67. The number of esters is 1. The van der Waals surface area contributed by atoms with E-state index in [2.05, 4.69) is 21.0 Å². The molecule has 8 nitrogen and oxygen atoms in total. The quantitative estimate of drug-likeness (QED) is 0.0375. The zero-order valence-corrected chi connectivity index (χ0v) is 29.0. The number of phosphoric acid groups is 1. The Hall–Kier alpha value is -1.70. The number of hydrogen-bond donors (Lipinski definition) is 1. The molecule has 0 saturated carbocycles. The van der Waals surface area contributed by atoms with E-state index in [-0.39, 0.29) is 19.6 Å². The molecule has 0 radical (unpaired) electrons. The number of carbonyl (C=O) groups is 1. The van der Waals surface area contributed by atoms with Crippen LogP contribution in [0.15, 0.2) is 36.0 Å². The topological polar surface area (TPSA) is 91.3 Å². The molecule has 2 atom stereocenters. The van der Waals surface area contributed by atoms with Gasteiger partial charge in [0.05, 0.1) is 33.9 Å². The summed E-state index contributed by atoms with van der Waals surface area (Å²) in [6.45, 7) is 5.23. The maximum Gasteiger partial charge on any atom is 0.527 e. The Morgan fingerprint density at radius 2 is 1.43 bits per heavy atom. The second kappa shape index (κ2) is 21.9. The van der Waals surface area contributed by atoms with E-state index in [0.717, 1.165) is 43.5 Å². The molecule has 1 aromatic rings. The van der Waals surface area contributed by atoms with Crippen molar-refractivity contribution in [3.63, 3.8) is 0 Å². The first kappa shape index (κ1) is 38.5. The molecule has 0 amide bonds. The van der Waals surface area contributed by atoms with Crippen LogP contribution in [0.25, 0.3) is 5.76 Å². The zero-order valence-electron chi connectivity index (χ0n) is 28.1. The largest absolute Gasteiger partial charge is 0.527 e. The molecule has 252 valence electrons. The summed E-state index contributed by atoms with van der Waals surface area (Å²) < 4.78 is 36.1. The molecule has 0 spiro atoms. The van der Waals surface area contributed by atoms with Gasteiger partial charge in [-0.15, -0.1) is 0 Å². The van der Waals surface area contributed by atoms with Crippen LogP contribution >= 0.6 is 7.82 Å². The van der Waals surface area contributed by atoms with Crippen LogP contribution in [0.4, 0.5) is 0 Å². The highest BCUT2D eigenvalue weighted by atomic mass is 31.2. The predicted octanol–water partition coefficient (Wildman–Crippen LogP) is 9.18. The number of quaternary nitrogens is 1. The Balaban J connectivity index is 1.72. The number of hydrogen-bond acceptors (Lipinski definition) is 6. The van der Waals surface area contributed by atoms with Crippen LogP contribution in [0, 0.1) is 0 Å². The number of carbonyl (C=O) groups excluding carboxylic acids is 1. The van der Waals surface area contributed by atoms with Crippen molar-refractivity contribution in [3.05, 3.63) is 41.6 Å². The number of rotatable bonds is 25. The first-order valence-corrected chi connectivity index (χ1v) is 18.7. The van der Waals surface area contributed by atoms with E-state index in [1.807, 2.05) is 30.3 Å². The van der Waals surface area contributed by atoms with Gasteiger partial charge in [-0.1, -0.05) is 128 Å². The Labute approximate surface area is 267 Å². The third-order valence-corrected chi connectivity index (χ3v) is 9.21. The maximum absolute atomic E-state index is 13.1. The van der Waals surface area contributed by atoms with Crippen molar-refractivity contribution in [1.82, 2.24) is 0 Å². The van der Waals surface area contributed by atoms with Crippen LogP contribution in [0.2, 0.25) is 0 Å². The van der Waals surface area contributed by atoms with Gasteiger partial charge in [-0.25, -0.2) is 4.57 Å². The van der Waals surface area contributed by atoms with Gasteiger partial charge in [0.1, 0.15) is 6.10 Å². The summed E-state index contributed by atoms with van der Waals surface area (Å²) >= 11 is 0. The number of likely N-dealkylation sites (tertiary alicyclic amines) is 1. The number of unbranched alkanes of at least 4 members (excludes halogenated alkanes) is 13. The number of nitrogens with zero attached hydrogens (tertiary/aromatic N) is 1. The van der Waals surface area contributed by atoms with Gasteiger partial charge in [0.2, 0.25) is 0 Å². The second-order valence-corrected chi connectivity index (χ2v) is 14.0. The molecule has 1 N–H and O–H groups in total. The van der Waals surface area contributed by atoms with E-state index >= 15 is 0 Å². The molecule has 2 rings (SSSR count). The number of ether oxygens (including phenoxy) is 2. The first-order valence-electron chi connectivity index (χ1n) is 17.2. The second-order valence-electron chi connectivity index (χ2n) is 12.6. The van der Waals surface area contributed by atoms with Crippen LogP contribution in [-0.4, -0.2) is 61.9 Å². The van der Waals surface area contributed by atoms with Crippen molar-refractivity contribution in [2.75, 3.05) is 40.5 Å². The van der Waals surface area contributed by atoms with Gasteiger partial charge in [0, 0.05) is 31.4 Å². The third kappa shape index (κ3) is 16.0. The molecule has 0 aromatic heterocycles. The summed E-state index contributed by atoms with van der Waals surface area (Å²) in [7, 11) is -0.394. The monoisotopic (exact) mass is 638 g/mol. The first-order chi connectivity index (χ1) is 21.2. The van der Waals surface area contributed by atoms with Crippen LogP contribution in [0.3, 0.4) is 0 Å². The molecule has 1 aliphatic rings. The number of allylic oxidation sites excluding steroid dienone is 1. The average Bonchev–Trinajstić information content (AvgIpc) is 3.37. The fourth-order valence-electron chi connectivity index (χ4n) is 5.65. The van der Waals surface area contributed by atoms with Gasteiger partial charge in [-0.05, 0) is 6.42 Å². The molecule has 44 heavy (non-hydrogen) atoms. The summed E-state index contributed by atoms with van der Waals surface area (Å²) in [5.74, 6) is -0.0421. The summed E-state index contributed by atoms with van der Waals surface area (Å²) in [6.07, 6.45) is 19.2.